The van der Waals surface area contributed by atoms with Crippen molar-refractivity contribution in [2.75, 3.05) is 23.4 Å². The molecule has 0 fully saturated rings. The summed E-state index contributed by atoms with van der Waals surface area (Å²) in [4.78, 5) is 37.9. The normalized spacial score (nSPS) is 13.9. The van der Waals surface area contributed by atoms with Gasteiger partial charge in [0.1, 0.15) is 5.75 Å². The first-order valence-corrected chi connectivity index (χ1v) is 9.10. The topological polar surface area (TPSA) is 84.9 Å². The quantitative estimate of drug-likeness (QED) is 0.751. The highest BCUT2D eigenvalue weighted by atomic mass is 35.5. The van der Waals surface area contributed by atoms with Gasteiger partial charge < -0.3 is 19.7 Å². The third-order valence-electron chi connectivity index (χ3n) is 4.14. The molecule has 0 radical (unpaired) electrons. The number of benzene rings is 2. The molecule has 0 saturated heterocycles. The van der Waals surface area contributed by atoms with Crippen LogP contribution in [0, 0.1) is 0 Å². The van der Waals surface area contributed by atoms with Gasteiger partial charge >= 0.3 is 5.97 Å². The number of rotatable bonds is 6. The molecule has 0 saturated carbocycles. The molecule has 7 nitrogen and oxygen atoms in total. The molecule has 1 heterocycles. The van der Waals surface area contributed by atoms with Crippen molar-refractivity contribution in [3.05, 3.63) is 53.6 Å². The number of ether oxygens (including phenoxy) is 2. The van der Waals surface area contributed by atoms with Crippen LogP contribution in [-0.4, -0.2) is 37.0 Å². The number of nitrogens with zero attached hydrogens (tertiary/aromatic N) is 1. The summed E-state index contributed by atoms with van der Waals surface area (Å²) in [6.07, 6.45) is -1.02. The number of esters is 1. The van der Waals surface area contributed by atoms with Gasteiger partial charge in [0.15, 0.2) is 12.7 Å². The lowest BCUT2D eigenvalue weighted by Crippen LogP contribution is -2.40. The number of para-hydroxylation sites is 2. The Bertz CT molecular complexity index is 884. The predicted octanol–water partition coefficient (Wildman–Crippen LogP) is 3.03. The fourth-order valence-electron chi connectivity index (χ4n) is 2.69. The Balaban J connectivity index is 1.52. The van der Waals surface area contributed by atoms with E-state index in [9.17, 15) is 14.4 Å². The number of hydrogen-bond donors (Lipinski definition) is 1. The molecule has 146 valence electrons. The van der Waals surface area contributed by atoms with Gasteiger partial charge in [0.2, 0.25) is 0 Å². The van der Waals surface area contributed by atoms with E-state index in [4.69, 9.17) is 21.1 Å². The molecule has 0 bridgehead atoms. The zero-order valence-electron chi connectivity index (χ0n) is 15.2. The Hall–Kier alpha value is -3.06. The number of hydrogen-bond acceptors (Lipinski definition) is 5. The van der Waals surface area contributed by atoms with Gasteiger partial charge in [0, 0.05) is 17.3 Å². The summed E-state index contributed by atoms with van der Waals surface area (Å²) in [6, 6.07) is 13.7. The molecule has 2 aromatic carbocycles. The van der Waals surface area contributed by atoms with Crippen molar-refractivity contribution in [3.8, 4) is 5.75 Å². The van der Waals surface area contributed by atoms with Crippen molar-refractivity contribution >= 4 is 40.8 Å². The van der Waals surface area contributed by atoms with Gasteiger partial charge in [-0.15, -0.1) is 0 Å². The van der Waals surface area contributed by atoms with Crippen molar-refractivity contribution in [2.45, 2.75) is 19.4 Å². The summed E-state index contributed by atoms with van der Waals surface area (Å²) in [7, 11) is 0. The monoisotopic (exact) mass is 402 g/mol. The maximum Gasteiger partial charge on any atom is 0.308 e. The van der Waals surface area contributed by atoms with Gasteiger partial charge in [-0.2, -0.15) is 0 Å². The largest absolute Gasteiger partial charge is 0.482 e. The molecule has 2 amide bonds. The molecule has 0 aromatic heterocycles. The third kappa shape index (κ3) is 4.80. The number of fused-ring (bicyclic) bond motifs is 1. The van der Waals surface area contributed by atoms with E-state index < -0.39 is 18.0 Å². The summed E-state index contributed by atoms with van der Waals surface area (Å²) in [6.45, 7) is 1.55. The first-order valence-electron chi connectivity index (χ1n) is 8.72. The summed E-state index contributed by atoms with van der Waals surface area (Å²) < 4.78 is 10.5. The minimum absolute atomic E-state index is 0.0430. The van der Waals surface area contributed by atoms with E-state index in [-0.39, 0.29) is 25.5 Å². The van der Waals surface area contributed by atoms with Gasteiger partial charge in [-0.1, -0.05) is 23.7 Å². The highest BCUT2D eigenvalue weighted by molar-refractivity contribution is 6.30. The SMILES string of the molecule is CC(OC(=O)CCN1C(=O)COc2ccccc21)C(=O)Nc1ccc(Cl)cc1. The predicted molar refractivity (Wildman–Crippen MR) is 105 cm³/mol. The van der Waals surface area contributed by atoms with Crippen LogP contribution in [0.15, 0.2) is 48.5 Å². The molecule has 3 rings (SSSR count). The molecular weight excluding hydrogens is 384 g/mol. The first kappa shape index (κ1) is 19.7. The maximum absolute atomic E-state index is 12.2. The van der Waals surface area contributed by atoms with Gasteiger partial charge in [0.05, 0.1) is 12.1 Å². The van der Waals surface area contributed by atoms with Crippen LogP contribution in [0.25, 0.3) is 0 Å². The number of amides is 2. The number of carbonyl (C=O) groups is 3. The Labute approximate surface area is 167 Å². The van der Waals surface area contributed by atoms with Crippen LogP contribution in [0.4, 0.5) is 11.4 Å². The van der Waals surface area contributed by atoms with Crippen molar-refractivity contribution in [1.82, 2.24) is 0 Å². The van der Waals surface area contributed by atoms with Gasteiger partial charge in [-0.3, -0.25) is 14.4 Å². The minimum Gasteiger partial charge on any atom is -0.482 e. The van der Waals surface area contributed by atoms with Crippen LogP contribution in [0.1, 0.15) is 13.3 Å². The summed E-state index contributed by atoms with van der Waals surface area (Å²) >= 11 is 5.80. The number of carbonyl (C=O) groups excluding carboxylic acids is 3. The molecule has 1 aliphatic rings. The van der Waals surface area contributed by atoms with Crippen molar-refractivity contribution in [2.24, 2.45) is 0 Å². The Morgan fingerprint density at radius 2 is 1.93 bits per heavy atom. The van der Waals surface area contributed by atoms with Gasteiger partial charge in [0.25, 0.3) is 11.8 Å². The van der Waals surface area contributed by atoms with E-state index in [0.717, 1.165) is 0 Å². The van der Waals surface area contributed by atoms with Crippen LogP contribution >= 0.6 is 11.6 Å². The molecular formula is C20H19ClN2O5. The first-order chi connectivity index (χ1) is 13.4. The molecule has 8 heteroatoms. The molecule has 1 N–H and O–H groups in total. The molecule has 1 atom stereocenters. The van der Waals surface area contributed by atoms with Crippen molar-refractivity contribution in [3.63, 3.8) is 0 Å². The second-order valence-electron chi connectivity index (χ2n) is 6.18. The maximum atomic E-state index is 12.2. The van der Waals surface area contributed by atoms with Gasteiger partial charge in [-0.05, 0) is 43.3 Å². The molecule has 28 heavy (non-hydrogen) atoms. The summed E-state index contributed by atoms with van der Waals surface area (Å²) in [5.74, 6) is -0.676. The average molecular weight is 403 g/mol. The van der Waals surface area contributed by atoms with Crippen LogP contribution in [0.5, 0.6) is 5.75 Å². The second-order valence-corrected chi connectivity index (χ2v) is 6.62. The molecule has 1 aliphatic heterocycles. The van der Waals surface area contributed by atoms with Crippen LogP contribution < -0.4 is 15.0 Å². The van der Waals surface area contributed by atoms with Crippen LogP contribution in [0.2, 0.25) is 5.02 Å². The van der Waals surface area contributed by atoms with E-state index in [1.807, 2.05) is 6.07 Å². The highest BCUT2D eigenvalue weighted by Crippen LogP contribution is 2.31. The minimum atomic E-state index is -0.976. The number of anilines is 2. The van der Waals surface area contributed by atoms with Gasteiger partial charge in [-0.25, -0.2) is 0 Å². The molecule has 0 aliphatic carbocycles. The van der Waals surface area contributed by atoms with Crippen molar-refractivity contribution < 1.29 is 23.9 Å². The molecule has 0 spiro atoms. The number of nitrogens with one attached hydrogen (secondary N) is 1. The average Bonchev–Trinajstić information content (AvgIpc) is 2.69. The highest BCUT2D eigenvalue weighted by Gasteiger charge is 2.26. The summed E-state index contributed by atoms with van der Waals surface area (Å²) in [5, 5.41) is 3.20. The summed E-state index contributed by atoms with van der Waals surface area (Å²) in [5.41, 5.74) is 1.16. The smallest absolute Gasteiger partial charge is 0.308 e. The van der Waals surface area contributed by atoms with Crippen LogP contribution in [0.3, 0.4) is 0 Å². The fraction of sp³-hybridized carbons (Fsp3) is 0.250. The van der Waals surface area contributed by atoms with E-state index in [2.05, 4.69) is 5.32 Å². The lowest BCUT2D eigenvalue weighted by atomic mass is 10.2. The Morgan fingerprint density at radius 1 is 1.21 bits per heavy atom. The van der Waals surface area contributed by atoms with Crippen LogP contribution in [-0.2, 0) is 19.1 Å². The third-order valence-corrected chi connectivity index (χ3v) is 4.39. The van der Waals surface area contributed by atoms with E-state index in [0.29, 0.717) is 22.1 Å². The fourth-order valence-corrected chi connectivity index (χ4v) is 2.81. The van der Waals surface area contributed by atoms with E-state index in [1.54, 1.807) is 42.5 Å². The Kier molecular flexibility index (Phi) is 6.16. The van der Waals surface area contributed by atoms with E-state index in [1.165, 1.54) is 11.8 Å². The van der Waals surface area contributed by atoms with Crippen molar-refractivity contribution in [1.29, 1.82) is 0 Å². The zero-order valence-corrected chi connectivity index (χ0v) is 15.9. The zero-order chi connectivity index (χ0) is 20.1. The second kappa shape index (κ2) is 8.75. The van der Waals surface area contributed by atoms with E-state index >= 15 is 0 Å². The standard InChI is InChI=1S/C20H19ClN2O5/c1-13(20(26)22-15-8-6-14(21)7-9-15)28-19(25)10-11-23-16-4-2-3-5-17(16)27-12-18(23)24/h2-9,13H,10-12H2,1H3,(H,22,26). The lowest BCUT2D eigenvalue weighted by Gasteiger charge is -2.29. The number of halogens is 1. The lowest BCUT2D eigenvalue weighted by molar-refractivity contribution is -0.153. The Morgan fingerprint density at radius 3 is 2.68 bits per heavy atom. The molecule has 2 aromatic rings. The molecule has 1 unspecified atom stereocenters.